The second-order valence-electron chi connectivity index (χ2n) is 4.09. The van der Waals surface area contributed by atoms with Crippen molar-refractivity contribution in [2.75, 3.05) is 19.8 Å². The summed E-state index contributed by atoms with van der Waals surface area (Å²) in [6.45, 7) is 0.530. The fraction of sp³-hybridized carbons (Fsp3) is 0.333. The van der Waals surface area contributed by atoms with E-state index in [1.54, 1.807) is 6.07 Å². The monoisotopic (exact) mass is 330 g/mol. The van der Waals surface area contributed by atoms with E-state index in [4.69, 9.17) is 10.5 Å². The molecule has 7 heteroatoms. The summed E-state index contributed by atoms with van der Waals surface area (Å²) in [5.74, 6) is -1.88. The highest BCUT2D eigenvalue weighted by atomic mass is 79.9. The van der Waals surface area contributed by atoms with Gasteiger partial charge in [-0.3, -0.25) is 9.59 Å². The Morgan fingerprint density at radius 3 is 2.84 bits per heavy atom. The number of carbonyl (C=O) groups excluding carboxylic acids is 2. The first-order chi connectivity index (χ1) is 9.02. The van der Waals surface area contributed by atoms with E-state index in [1.807, 2.05) is 0 Å². The van der Waals surface area contributed by atoms with E-state index in [9.17, 15) is 14.0 Å². The van der Waals surface area contributed by atoms with E-state index >= 15 is 0 Å². The maximum Gasteiger partial charge on any atom is 0.258 e. The molecule has 2 N–H and O–H groups in total. The van der Waals surface area contributed by atoms with Crippen molar-refractivity contribution in [3.05, 3.63) is 34.1 Å². The van der Waals surface area contributed by atoms with Crippen molar-refractivity contribution in [2.24, 2.45) is 5.73 Å². The van der Waals surface area contributed by atoms with Gasteiger partial charge in [0.2, 0.25) is 5.91 Å². The summed E-state index contributed by atoms with van der Waals surface area (Å²) in [6, 6.07) is 3.38. The van der Waals surface area contributed by atoms with Gasteiger partial charge in [0.05, 0.1) is 18.8 Å². The van der Waals surface area contributed by atoms with E-state index in [0.717, 1.165) is 0 Å². The van der Waals surface area contributed by atoms with Crippen LogP contribution in [0.4, 0.5) is 4.39 Å². The molecule has 0 spiro atoms. The van der Waals surface area contributed by atoms with Crippen molar-refractivity contribution >= 4 is 27.7 Å². The maximum absolute atomic E-state index is 13.8. The lowest BCUT2D eigenvalue weighted by atomic mass is 10.1. The Labute approximate surface area is 117 Å². The molecule has 0 aromatic heterocycles. The van der Waals surface area contributed by atoms with Gasteiger partial charge in [-0.25, -0.2) is 4.39 Å². The SMILES string of the molecule is NC(=O)C1COCCN1C(=O)c1c(F)cccc1Br. The van der Waals surface area contributed by atoms with E-state index in [2.05, 4.69) is 15.9 Å². The van der Waals surface area contributed by atoms with Gasteiger partial charge in [-0.15, -0.1) is 0 Å². The highest BCUT2D eigenvalue weighted by Gasteiger charge is 2.33. The van der Waals surface area contributed by atoms with Crippen molar-refractivity contribution in [3.8, 4) is 0 Å². The first-order valence-corrected chi connectivity index (χ1v) is 6.43. The smallest absolute Gasteiger partial charge is 0.258 e. The first-order valence-electron chi connectivity index (χ1n) is 5.64. The maximum atomic E-state index is 13.8. The number of rotatable bonds is 2. The van der Waals surface area contributed by atoms with Gasteiger partial charge in [0, 0.05) is 11.0 Å². The van der Waals surface area contributed by atoms with Crippen LogP contribution in [-0.4, -0.2) is 42.5 Å². The van der Waals surface area contributed by atoms with Crippen LogP contribution in [0.3, 0.4) is 0 Å². The number of hydrogen-bond donors (Lipinski definition) is 1. The molecule has 1 aliphatic heterocycles. The zero-order valence-electron chi connectivity index (χ0n) is 9.94. The third-order valence-electron chi connectivity index (χ3n) is 2.89. The Morgan fingerprint density at radius 1 is 1.47 bits per heavy atom. The molecule has 1 fully saturated rings. The number of morpholine rings is 1. The highest BCUT2D eigenvalue weighted by molar-refractivity contribution is 9.10. The molecular weight excluding hydrogens is 319 g/mol. The average molecular weight is 331 g/mol. The molecule has 0 bridgehead atoms. The predicted molar refractivity (Wildman–Crippen MR) is 68.9 cm³/mol. The molecule has 2 amide bonds. The zero-order chi connectivity index (χ0) is 14.0. The second-order valence-corrected chi connectivity index (χ2v) is 4.94. The summed E-state index contributed by atoms with van der Waals surface area (Å²) >= 11 is 3.14. The summed E-state index contributed by atoms with van der Waals surface area (Å²) in [7, 11) is 0. The minimum absolute atomic E-state index is 0.0349. The van der Waals surface area contributed by atoms with Crippen LogP contribution in [0.1, 0.15) is 10.4 Å². The largest absolute Gasteiger partial charge is 0.377 e. The van der Waals surface area contributed by atoms with E-state index < -0.39 is 23.7 Å². The molecule has 0 radical (unpaired) electrons. The third kappa shape index (κ3) is 2.76. The normalized spacial score (nSPS) is 19.3. The topological polar surface area (TPSA) is 72.6 Å². The summed E-state index contributed by atoms with van der Waals surface area (Å²) in [5.41, 5.74) is 5.13. The van der Waals surface area contributed by atoms with Gasteiger partial charge >= 0.3 is 0 Å². The van der Waals surface area contributed by atoms with E-state index in [1.165, 1.54) is 17.0 Å². The molecule has 1 aromatic carbocycles. The van der Waals surface area contributed by atoms with Crippen LogP contribution < -0.4 is 5.73 Å². The lowest BCUT2D eigenvalue weighted by Gasteiger charge is -2.33. The van der Waals surface area contributed by atoms with Gasteiger partial charge in [0.15, 0.2) is 0 Å². The van der Waals surface area contributed by atoms with Gasteiger partial charge in [-0.1, -0.05) is 6.07 Å². The fourth-order valence-corrected chi connectivity index (χ4v) is 2.44. The highest BCUT2D eigenvalue weighted by Crippen LogP contribution is 2.23. The Balaban J connectivity index is 2.34. The van der Waals surface area contributed by atoms with Gasteiger partial charge in [-0.05, 0) is 28.1 Å². The van der Waals surface area contributed by atoms with Gasteiger partial charge in [0.1, 0.15) is 11.9 Å². The van der Waals surface area contributed by atoms with Crippen molar-refractivity contribution in [1.29, 1.82) is 0 Å². The molecule has 1 unspecified atom stereocenters. The molecule has 1 saturated heterocycles. The van der Waals surface area contributed by atoms with E-state index in [-0.39, 0.29) is 18.7 Å². The minimum Gasteiger partial charge on any atom is -0.377 e. The molecule has 1 heterocycles. The van der Waals surface area contributed by atoms with E-state index in [0.29, 0.717) is 11.1 Å². The summed E-state index contributed by atoms with van der Waals surface area (Å²) in [4.78, 5) is 24.9. The minimum atomic E-state index is -0.868. The molecule has 19 heavy (non-hydrogen) atoms. The first kappa shape index (κ1) is 14.0. The van der Waals surface area contributed by atoms with Crippen molar-refractivity contribution in [2.45, 2.75) is 6.04 Å². The predicted octanol–water partition coefficient (Wildman–Crippen LogP) is 0.915. The number of primary amides is 1. The number of benzene rings is 1. The molecular formula is C12H12BrFN2O3. The number of amides is 2. The Bertz CT molecular complexity index is 503. The quantitative estimate of drug-likeness (QED) is 0.876. The van der Waals surface area contributed by atoms with Crippen molar-refractivity contribution in [3.63, 3.8) is 0 Å². The average Bonchev–Trinajstić information content (AvgIpc) is 2.38. The van der Waals surface area contributed by atoms with Gasteiger partial charge in [0.25, 0.3) is 5.91 Å². The van der Waals surface area contributed by atoms with Crippen LogP contribution in [0.25, 0.3) is 0 Å². The zero-order valence-corrected chi connectivity index (χ0v) is 11.5. The number of nitrogens with zero attached hydrogens (tertiary/aromatic N) is 1. The molecule has 5 nitrogen and oxygen atoms in total. The Hall–Kier alpha value is -1.47. The van der Waals surface area contributed by atoms with Crippen LogP contribution >= 0.6 is 15.9 Å². The summed E-state index contributed by atoms with van der Waals surface area (Å²) in [5, 5.41) is 0. The Morgan fingerprint density at radius 2 is 2.21 bits per heavy atom. The number of halogens is 2. The molecule has 0 saturated carbocycles. The third-order valence-corrected chi connectivity index (χ3v) is 3.56. The molecule has 1 aliphatic rings. The van der Waals surface area contributed by atoms with Gasteiger partial charge < -0.3 is 15.4 Å². The van der Waals surface area contributed by atoms with Crippen LogP contribution in [0, 0.1) is 5.82 Å². The van der Waals surface area contributed by atoms with Gasteiger partial charge in [-0.2, -0.15) is 0 Å². The van der Waals surface area contributed by atoms with Crippen LogP contribution in [-0.2, 0) is 9.53 Å². The lowest BCUT2D eigenvalue weighted by molar-refractivity contribution is -0.127. The standard InChI is InChI=1S/C12H12BrFN2O3/c13-7-2-1-3-8(14)10(7)12(18)16-4-5-19-6-9(16)11(15)17/h1-3,9H,4-6H2,(H2,15,17). The summed E-state index contributed by atoms with van der Waals surface area (Å²) < 4.78 is 19.2. The lowest BCUT2D eigenvalue weighted by Crippen LogP contribution is -2.54. The molecule has 1 atom stereocenters. The molecule has 2 rings (SSSR count). The molecule has 1 aromatic rings. The van der Waals surface area contributed by atoms with Crippen LogP contribution in [0.2, 0.25) is 0 Å². The number of nitrogens with two attached hydrogens (primary N) is 1. The van der Waals surface area contributed by atoms with Crippen LogP contribution in [0.5, 0.6) is 0 Å². The second kappa shape index (κ2) is 5.66. The van der Waals surface area contributed by atoms with Crippen molar-refractivity contribution in [1.82, 2.24) is 4.90 Å². The fourth-order valence-electron chi connectivity index (χ4n) is 1.93. The Kier molecular flexibility index (Phi) is 4.16. The van der Waals surface area contributed by atoms with Crippen molar-refractivity contribution < 1.29 is 18.7 Å². The molecule has 0 aliphatic carbocycles. The molecule has 102 valence electrons. The number of carbonyl (C=O) groups is 2. The number of ether oxygens (including phenoxy) is 1. The summed E-state index contributed by atoms with van der Waals surface area (Å²) in [6.07, 6.45) is 0. The van der Waals surface area contributed by atoms with Crippen LogP contribution in [0.15, 0.2) is 22.7 Å². The number of hydrogen-bond acceptors (Lipinski definition) is 3.